The molecule has 0 radical (unpaired) electrons. The van der Waals surface area contributed by atoms with Gasteiger partial charge in [-0.25, -0.2) is 4.68 Å². The minimum Gasteiger partial charge on any atom is -0.392 e. The number of carbonyl (C=O) groups excluding carboxylic acids is 1. The fourth-order valence-electron chi connectivity index (χ4n) is 1.72. The zero-order valence-electron chi connectivity index (χ0n) is 11.2. The van der Waals surface area contributed by atoms with Gasteiger partial charge in [-0.3, -0.25) is 4.79 Å². The summed E-state index contributed by atoms with van der Waals surface area (Å²) in [6, 6.07) is 7.12. The third-order valence-corrected chi connectivity index (χ3v) is 2.96. The summed E-state index contributed by atoms with van der Waals surface area (Å²) in [4.78, 5) is 11.9. The first-order chi connectivity index (χ1) is 9.49. The van der Waals surface area contributed by atoms with E-state index >= 15 is 0 Å². The number of amides is 1. The Morgan fingerprint density at radius 2 is 2.30 bits per heavy atom. The van der Waals surface area contributed by atoms with E-state index in [1.807, 2.05) is 6.07 Å². The molecule has 0 saturated carbocycles. The van der Waals surface area contributed by atoms with Crippen LogP contribution in [0.4, 0.5) is 0 Å². The average molecular weight is 295 g/mol. The Morgan fingerprint density at radius 1 is 1.55 bits per heavy atom. The van der Waals surface area contributed by atoms with Crippen LogP contribution in [-0.2, 0) is 0 Å². The van der Waals surface area contributed by atoms with Crippen LogP contribution in [0.25, 0.3) is 5.69 Å². The number of halogens is 1. The first-order valence-electron chi connectivity index (χ1n) is 6.13. The molecule has 1 atom stereocenters. The van der Waals surface area contributed by atoms with Gasteiger partial charge in [0.15, 0.2) is 5.69 Å². The summed E-state index contributed by atoms with van der Waals surface area (Å²) in [5, 5.41) is 20.2. The van der Waals surface area contributed by atoms with E-state index in [-0.39, 0.29) is 18.1 Å². The van der Waals surface area contributed by atoms with Crippen LogP contribution in [0.1, 0.15) is 23.1 Å². The van der Waals surface area contributed by atoms with Crippen LogP contribution in [0.2, 0.25) is 5.02 Å². The highest BCUT2D eigenvalue weighted by atomic mass is 35.5. The molecular formula is C13H15ClN4O2. The third kappa shape index (κ3) is 3.15. The van der Waals surface area contributed by atoms with Crippen molar-refractivity contribution < 1.29 is 9.90 Å². The second-order valence-corrected chi connectivity index (χ2v) is 4.91. The van der Waals surface area contributed by atoms with Crippen LogP contribution < -0.4 is 5.32 Å². The highest BCUT2D eigenvalue weighted by Crippen LogP contribution is 2.16. The Bertz CT molecular complexity index is 625. The predicted octanol–water partition coefficient (Wildman–Crippen LogP) is 1.34. The largest absolute Gasteiger partial charge is 0.392 e. The van der Waals surface area contributed by atoms with Crippen molar-refractivity contribution in [2.75, 3.05) is 6.54 Å². The van der Waals surface area contributed by atoms with Crippen LogP contribution in [0.3, 0.4) is 0 Å². The monoisotopic (exact) mass is 294 g/mol. The Balaban J connectivity index is 2.25. The molecule has 0 aliphatic rings. The highest BCUT2D eigenvalue weighted by Gasteiger charge is 2.17. The van der Waals surface area contributed by atoms with Gasteiger partial charge in [-0.1, -0.05) is 22.9 Å². The molecule has 7 heteroatoms. The lowest BCUT2D eigenvalue weighted by molar-refractivity contribution is 0.0918. The lowest BCUT2D eigenvalue weighted by Gasteiger charge is -2.06. The van der Waals surface area contributed by atoms with Crippen molar-refractivity contribution in [3.05, 3.63) is 40.7 Å². The molecule has 2 N–H and O–H groups in total. The fraction of sp³-hybridized carbons (Fsp3) is 0.308. The summed E-state index contributed by atoms with van der Waals surface area (Å²) < 4.78 is 1.54. The van der Waals surface area contributed by atoms with E-state index < -0.39 is 6.10 Å². The van der Waals surface area contributed by atoms with Crippen molar-refractivity contribution >= 4 is 17.5 Å². The van der Waals surface area contributed by atoms with Gasteiger partial charge in [-0.05, 0) is 32.0 Å². The Hall–Kier alpha value is -1.92. The maximum Gasteiger partial charge on any atom is 0.273 e. The molecule has 0 fully saturated rings. The predicted molar refractivity (Wildman–Crippen MR) is 75.1 cm³/mol. The van der Waals surface area contributed by atoms with Crippen molar-refractivity contribution in [1.82, 2.24) is 20.3 Å². The smallest absolute Gasteiger partial charge is 0.273 e. The number of aliphatic hydroxyl groups is 1. The van der Waals surface area contributed by atoms with Gasteiger partial charge in [0.2, 0.25) is 0 Å². The van der Waals surface area contributed by atoms with Crippen molar-refractivity contribution in [2.45, 2.75) is 20.0 Å². The number of hydrogen-bond acceptors (Lipinski definition) is 4. The SMILES string of the molecule is Cc1c(C(=O)NCC(C)O)nnn1-c1cccc(Cl)c1. The van der Waals surface area contributed by atoms with Crippen molar-refractivity contribution in [2.24, 2.45) is 0 Å². The molecule has 106 valence electrons. The maximum absolute atomic E-state index is 11.9. The van der Waals surface area contributed by atoms with Crippen molar-refractivity contribution in [1.29, 1.82) is 0 Å². The molecule has 2 rings (SSSR count). The molecule has 0 spiro atoms. The fourth-order valence-corrected chi connectivity index (χ4v) is 1.90. The van der Waals surface area contributed by atoms with E-state index in [4.69, 9.17) is 16.7 Å². The van der Waals surface area contributed by atoms with Gasteiger partial charge in [0.1, 0.15) is 0 Å². The Kier molecular flexibility index (Phi) is 4.36. The first kappa shape index (κ1) is 14.5. The Morgan fingerprint density at radius 3 is 2.95 bits per heavy atom. The second-order valence-electron chi connectivity index (χ2n) is 4.47. The van der Waals surface area contributed by atoms with E-state index in [1.54, 1.807) is 36.7 Å². The summed E-state index contributed by atoms with van der Waals surface area (Å²) in [5.74, 6) is -0.364. The van der Waals surface area contributed by atoms with Gasteiger partial charge in [0.25, 0.3) is 5.91 Å². The number of hydrogen-bond donors (Lipinski definition) is 2. The van der Waals surface area contributed by atoms with Crippen LogP contribution >= 0.6 is 11.6 Å². The van der Waals surface area contributed by atoms with Crippen LogP contribution in [0, 0.1) is 6.92 Å². The van der Waals surface area contributed by atoms with Gasteiger partial charge in [0, 0.05) is 11.6 Å². The van der Waals surface area contributed by atoms with E-state index in [0.717, 1.165) is 5.69 Å². The molecule has 0 bridgehead atoms. The summed E-state index contributed by atoms with van der Waals surface area (Å²) in [6.45, 7) is 3.51. The normalized spacial score (nSPS) is 12.2. The lowest BCUT2D eigenvalue weighted by Crippen LogP contribution is -2.31. The van der Waals surface area contributed by atoms with E-state index in [9.17, 15) is 4.79 Å². The zero-order chi connectivity index (χ0) is 14.7. The van der Waals surface area contributed by atoms with Crippen LogP contribution in [0.5, 0.6) is 0 Å². The Labute approximate surface area is 121 Å². The minimum absolute atomic E-state index is 0.169. The third-order valence-electron chi connectivity index (χ3n) is 2.72. The number of nitrogens with zero attached hydrogens (tertiary/aromatic N) is 3. The number of aliphatic hydroxyl groups excluding tert-OH is 1. The number of aromatic nitrogens is 3. The molecule has 0 aliphatic heterocycles. The van der Waals surface area contributed by atoms with Gasteiger partial charge in [-0.15, -0.1) is 5.10 Å². The number of nitrogens with one attached hydrogen (secondary N) is 1. The quantitative estimate of drug-likeness (QED) is 0.892. The van der Waals surface area contributed by atoms with Crippen molar-refractivity contribution in [3.8, 4) is 5.69 Å². The van der Waals surface area contributed by atoms with Gasteiger partial charge in [-0.2, -0.15) is 0 Å². The van der Waals surface area contributed by atoms with Gasteiger partial charge < -0.3 is 10.4 Å². The molecular weight excluding hydrogens is 280 g/mol. The zero-order valence-corrected chi connectivity index (χ0v) is 11.9. The second kappa shape index (κ2) is 6.02. The molecule has 1 unspecified atom stereocenters. The lowest BCUT2D eigenvalue weighted by atomic mass is 10.2. The molecule has 0 aliphatic carbocycles. The summed E-state index contributed by atoms with van der Waals surface area (Å²) in [5.41, 5.74) is 1.57. The first-order valence-corrected chi connectivity index (χ1v) is 6.51. The molecule has 0 saturated heterocycles. The molecule has 1 aromatic carbocycles. The minimum atomic E-state index is -0.609. The molecule has 1 aromatic heterocycles. The number of carbonyl (C=O) groups is 1. The maximum atomic E-state index is 11.9. The van der Waals surface area contributed by atoms with Gasteiger partial charge in [0.05, 0.1) is 17.5 Å². The molecule has 20 heavy (non-hydrogen) atoms. The highest BCUT2D eigenvalue weighted by molar-refractivity contribution is 6.30. The average Bonchev–Trinajstić information content (AvgIpc) is 2.78. The van der Waals surface area contributed by atoms with E-state index in [2.05, 4.69) is 15.6 Å². The topological polar surface area (TPSA) is 80.0 Å². The summed E-state index contributed by atoms with van der Waals surface area (Å²) in [6.07, 6.45) is -0.609. The van der Waals surface area contributed by atoms with Crippen LogP contribution in [-0.4, -0.2) is 38.7 Å². The number of rotatable bonds is 4. The molecule has 2 aromatic rings. The molecule has 1 heterocycles. The van der Waals surface area contributed by atoms with Gasteiger partial charge >= 0.3 is 0 Å². The van der Waals surface area contributed by atoms with Crippen LogP contribution in [0.15, 0.2) is 24.3 Å². The van der Waals surface area contributed by atoms with E-state index in [1.165, 1.54) is 0 Å². The van der Waals surface area contributed by atoms with Crippen molar-refractivity contribution in [3.63, 3.8) is 0 Å². The summed E-state index contributed by atoms with van der Waals surface area (Å²) in [7, 11) is 0. The molecule has 1 amide bonds. The van der Waals surface area contributed by atoms with E-state index in [0.29, 0.717) is 10.7 Å². The standard InChI is InChI=1S/C13H15ClN4O2/c1-8(19)7-15-13(20)12-9(2)18(17-16-12)11-5-3-4-10(14)6-11/h3-6,8,19H,7H2,1-2H3,(H,15,20). The number of benzene rings is 1. The molecule has 6 nitrogen and oxygen atoms in total. The summed E-state index contributed by atoms with van der Waals surface area (Å²) >= 11 is 5.93.